The van der Waals surface area contributed by atoms with Crippen molar-refractivity contribution >= 4 is 5.69 Å². The van der Waals surface area contributed by atoms with Crippen LogP contribution in [0.2, 0.25) is 0 Å². The van der Waals surface area contributed by atoms with Crippen molar-refractivity contribution < 1.29 is 7.96 Å². The van der Waals surface area contributed by atoms with Crippen molar-refractivity contribution in [2.75, 3.05) is 25.5 Å². The Kier molecular flexibility index (Phi) is 9.34. The molecule has 0 bridgehead atoms. The molecule has 1 fully saturated rings. The Balaban J connectivity index is 0.000000667. The number of aliphatic hydroxyl groups is 1. The van der Waals surface area contributed by atoms with Gasteiger partial charge in [0, 0.05) is 40.1 Å². The summed E-state index contributed by atoms with van der Waals surface area (Å²) in [7, 11) is 2.03. The number of benzene rings is 1. The molecule has 1 aromatic carbocycles. The van der Waals surface area contributed by atoms with E-state index in [1.54, 1.807) is 6.20 Å². The number of hydrogen-bond acceptors (Lipinski definition) is 6. The van der Waals surface area contributed by atoms with Crippen LogP contribution < -0.4 is 21.3 Å². The summed E-state index contributed by atoms with van der Waals surface area (Å²) in [6, 6.07) is 12.2. The number of aliphatic hydroxyl groups excluding tert-OH is 1. The van der Waals surface area contributed by atoms with Crippen molar-refractivity contribution in [1.29, 1.82) is 0 Å². The molecule has 6 nitrogen and oxygen atoms in total. The highest BCUT2D eigenvalue weighted by Gasteiger charge is 2.08. The summed E-state index contributed by atoms with van der Waals surface area (Å²) >= 11 is 0. The SMILES string of the molecule is C=C(NCc1cccnc1)Nc1ccc(CO)cc1.CNC1CCCNC1.[HH].[HH]. The number of hydrogen-bond donors (Lipinski definition) is 5. The van der Waals surface area contributed by atoms with Gasteiger partial charge in [0.2, 0.25) is 0 Å². The van der Waals surface area contributed by atoms with Crippen molar-refractivity contribution in [3.8, 4) is 0 Å². The number of pyridine rings is 1. The largest absolute Gasteiger partial charge is 0.392 e. The van der Waals surface area contributed by atoms with Crippen molar-refractivity contribution in [2.45, 2.75) is 32.0 Å². The molecular weight excluding hydrogens is 338 g/mol. The van der Waals surface area contributed by atoms with E-state index in [-0.39, 0.29) is 9.46 Å². The monoisotopic (exact) mass is 373 g/mol. The molecule has 6 heteroatoms. The zero-order valence-corrected chi connectivity index (χ0v) is 16.0. The summed E-state index contributed by atoms with van der Waals surface area (Å²) in [6.07, 6.45) is 6.23. The van der Waals surface area contributed by atoms with E-state index in [9.17, 15) is 0 Å². The number of rotatable bonds is 7. The van der Waals surface area contributed by atoms with E-state index < -0.39 is 0 Å². The van der Waals surface area contributed by atoms with Gasteiger partial charge in [-0.05, 0) is 55.8 Å². The molecule has 5 N–H and O–H groups in total. The van der Waals surface area contributed by atoms with Crippen molar-refractivity contribution in [1.82, 2.24) is 20.9 Å². The van der Waals surface area contributed by atoms with Gasteiger partial charge in [-0.3, -0.25) is 4.98 Å². The summed E-state index contributed by atoms with van der Waals surface area (Å²) in [6.45, 7) is 7.00. The van der Waals surface area contributed by atoms with Gasteiger partial charge in [-0.25, -0.2) is 0 Å². The second-order valence-corrected chi connectivity index (χ2v) is 6.51. The molecule has 3 rings (SSSR count). The maximum atomic E-state index is 8.96. The van der Waals surface area contributed by atoms with Crippen LogP contribution >= 0.6 is 0 Å². The van der Waals surface area contributed by atoms with Crippen LogP contribution in [-0.2, 0) is 13.2 Å². The molecule has 1 atom stereocenters. The molecule has 0 spiro atoms. The molecule has 27 heavy (non-hydrogen) atoms. The number of nitrogens with one attached hydrogen (secondary N) is 4. The first-order chi connectivity index (χ1) is 13.2. The number of likely N-dealkylation sites (N-methyl/N-ethyl adjacent to an activating group) is 1. The fraction of sp³-hybridized carbons (Fsp3) is 0.381. The molecule has 0 aliphatic carbocycles. The molecule has 1 unspecified atom stereocenters. The minimum atomic E-state index is 0. The fourth-order valence-electron chi connectivity index (χ4n) is 2.72. The highest BCUT2D eigenvalue weighted by Crippen LogP contribution is 2.11. The van der Waals surface area contributed by atoms with Crippen LogP contribution in [0, 0.1) is 0 Å². The predicted molar refractivity (Wildman–Crippen MR) is 115 cm³/mol. The molecule has 1 aliphatic heterocycles. The number of piperidine rings is 1. The average Bonchev–Trinajstić information content (AvgIpc) is 2.74. The van der Waals surface area contributed by atoms with Gasteiger partial charge in [0.05, 0.1) is 12.4 Å². The molecule has 0 radical (unpaired) electrons. The summed E-state index contributed by atoms with van der Waals surface area (Å²) in [5, 5.41) is 21.9. The molecule has 1 saturated heterocycles. The smallest absolute Gasteiger partial charge is 0.0959 e. The maximum absolute atomic E-state index is 8.96. The van der Waals surface area contributed by atoms with E-state index in [4.69, 9.17) is 5.11 Å². The second kappa shape index (κ2) is 12.1. The summed E-state index contributed by atoms with van der Waals surface area (Å²) in [5.41, 5.74) is 2.92. The topological polar surface area (TPSA) is 81.2 Å². The van der Waals surface area contributed by atoms with E-state index in [2.05, 4.69) is 32.8 Å². The van der Waals surface area contributed by atoms with E-state index in [0.29, 0.717) is 6.54 Å². The third-order valence-electron chi connectivity index (χ3n) is 4.37. The van der Waals surface area contributed by atoms with Crippen molar-refractivity contribution in [3.63, 3.8) is 0 Å². The van der Waals surface area contributed by atoms with Crippen molar-refractivity contribution in [2.24, 2.45) is 0 Å². The van der Waals surface area contributed by atoms with Gasteiger partial charge in [0.1, 0.15) is 0 Å². The lowest BCUT2D eigenvalue weighted by atomic mass is 10.1. The van der Waals surface area contributed by atoms with Crippen LogP contribution in [0.5, 0.6) is 0 Å². The predicted octanol–water partition coefficient (Wildman–Crippen LogP) is 2.70. The van der Waals surface area contributed by atoms with Crippen LogP contribution in [0.4, 0.5) is 5.69 Å². The Labute approximate surface area is 165 Å². The van der Waals surface area contributed by atoms with E-state index in [0.717, 1.165) is 35.2 Å². The number of anilines is 1. The highest BCUT2D eigenvalue weighted by molar-refractivity contribution is 5.48. The van der Waals surface area contributed by atoms with Gasteiger partial charge in [-0.1, -0.05) is 24.8 Å². The van der Waals surface area contributed by atoms with Gasteiger partial charge in [-0.2, -0.15) is 0 Å². The molecular formula is C21H35N5O. The van der Waals surface area contributed by atoms with Crippen LogP contribution in [-0.4, -0.2) is 36.3 Å². The highest BCUT2D eigenvalue weighted by atomic mass is 16.3. The number of nitrogens with zero attached hydrogens (tertiary/aromatic N) is 1. The molecule has 0 amide bonds. The van der Waals surface area contributed by atoms with Gasteiger partial charge in [0.25, 0.3) is 0 Å². The first kappa shape index (κ1) is 20.9. The first-order valence-corrected chi connectivity index (χ1v) is 9.37. The summed E-state index contributed by atoms with van der Waals surface area (Å²) in [4.78, 5) is 4.05. The van der Waals surface area contributed by atoms with Gasteiger partial charge >= 0.3 is 0 Å². The van der Waals surface area contributed by atoms with Crippen LogP contribution in [0.25, 0.3) is 0 Å². The Bertz CT molecular complexity index is 665. The standard InChI is InChI=1S/C15H17N3O.C6H14N2.2H2/c1-12(17-10-14-3-2-8-16-9-14)18-15-6-4-13(11-19)5-7-15;1-7-6-3-2-4-8-5-6;;/h2-9,17-19H,1,10-11H2;6-8H,2-5H2,1H3;2*1H. The lowest BCUT2D eigenvalue weighted by molar-refractivity contribution is 0.282. The average molecular weight is 374 g/mol. The van der Waals surface area contributed by atoms with Crippen LogP contribution in [0.3, 0.4) is 0 Å². The lowest BCUT2D eigenvalue weighted by Gasteiger charge is -2.21. The minimum Gasteiger partial charge on any atom is -0.392 e. The Morgan fingerprint density at radius 2 is 2.11 bits per heavy atom. The van der Waals surface area contributed by atoms with Gasteiger partial charge < -0.3 is 26.4 Å². The molecule has 2 heterocycles. The van der Waals surface area contributed by atoms with E-state index in [1.165, 1.54) is 19.4 Å². The third-order valence-corrected chi connectivity index (χ3v) is 4.37. The summed E-state index contributed by atoms with van der Waals surface area (Å²) in [5.74, 6) is 0.723. The molecule has 150 valence electrons. The minimum absolute atomic E-state index is 0. The van der Waals surface area contributed by atoms with Crippen molar-refractivity contribution in [3.05, 3.63) is 72.3 Å². The number of aromatic nitrogens is 1. The Hall–Kier alpha value is -2.41. The Morgan fingerprint density at radius 1 is 1.30 bits per heavy atom. The Morgan fingerprint density at radius 3 is 2.67 bits per heavy atom. The lowest BCUT2D eigenvalue weighted by Crippen LogP contribution is -2.41. The molecule has 1 aromatic heterocycles. The fourth-order valence-corrected chi connectivity index (χ4v) is 2.72. The molecule has 1 aliphatic rings. The first-order valence-electron chi connectivity index (χ1n) is 9.37. The third kappa shape index (κ3) is 8.21. The van der Waals surface area contributed by atoms with Crippen LogP contribution in [0.15, 0.2) is 61.2 Å². The summed E-state index contributed by atoms with van der Waals surface area (Å²) < 4.78 is 0. The molecule has 2 aromatic rings. The van der Waals surface area contributed by atoms with Gasteiger partial charge in [-0.15, -0.1) is 0 Å². The maximum Gasteiger partial charge on any atom is 0.0959 e. The normalized spacial score (nSPS) is 16.0. The van der Waals surface area contributed by atoms with E-state index in [1.807, 2.05) is 49.6 Å². The van der Waals surface area contributed by atoms with Crippen LogP contribution in [0.1, 0.15) is 26.8 Å². The molecule has 0 saturated carbocycles. The second-order valence-electron chi connectivity index (χ2n) is 6.51. The zero-order chi connectivity index (χ0) is 19.3. The van der Waals surface area contributed by atoms with E-state index >= 15 is 0 Å². The quantitative estimate of drug-likeness (QED) is 0.513. The zero-order valence-electron chi connectivity index (χ0n) is 16.0. The van der Waals surface area contributed by atoms with Gasteiger partial charge in [0.15, 0.2) is 0 Å².